The van der Waals surface area contributed by atoms with E-state index in [9.17, 15) is 4.79 Å². The molecule has 0 bridgehead atoms. The molecule has 0 aliphatic rings. The molecule has 0 aromatic heterocycles. The molecule has 0 aliphatic heterocycles. The van der Waals surface area contributed by atoms with Crippen molar-refractivity contribution < 1.29 is 9.53 Å². The molecule has 0 fully saturated rings. The summed E-state index contributed by atoms with van der Waals surface area (Å²) >= 11 is 0. The first-order chi connectivity index (χ1) is 11.0. The van der Waals surface area contributed by atoms with Crippen LogP contribution in [-0.4, -0.2) is 12.0 Å². The summed E-state index contributed by atoms with van der Waals surface area (Å²) in [6.07, 6.45) is 0.367. The van der Waals surface area contributed by atoms with Crippen LogP contribution < -0.4 is 15.8 Å². The quantitative estimate of drug-likeness (QED) is 0.820. The van der Waals surface area contributed by atoms with Gasteiger partial charge in [-0.25, -0.2) is 0 Å². The molecule has 5 heteroatoms. The van der Waals surface area contributed by atoms with Crippen molar-refractivity contribution in [3.8, 4) is 5.75 Å². The van der Waals surface area contributed by atoms with Crippen LogP contribution >= 0.6 is 12.4 Å². The van der Waals surface area contributed by atoms with Gasteiger partial charge in [-0.2, -0.15) is 0 Å². The second-order valence-electron chi connectivity index (χ2n) is 5.92. The summed E-state index contributed by atoms with van der Waals surface area (Å²) in [5.74, 6) is 0.734. The zero-order chi connectivity index (χ0) is 16.8. The number of rotatable bonds is 6. The first-order valence-electron chi connectivity index (χ1n) is 7.83. The topological polar surface area (TPSA) is 64.4 Å². The molecular weight excluding hydrogens is 324 g/mol. The van der Waals surface area contributed by atoms with Crippen molar-refractivity contribution in [2.24, 2.45) is 5.73 Å². The number of nitrogens with one attached hydrogen (secondary N) is 1. The fourth-order valence-electron chi connectivity index (χ4n) is 2.34. The molecule has 0 aliphatic carbocycles. The van der Waals surface area contributed by atoms with E-state index >= 15 is 0 Å². The number of anilines is 1. The third kappa shape index (κ3) is 5.87. The van der Waals surface area contributed by atoms with Crippen LogP contribution in [0.15, 0.2) is 48.5 Å². The molecule has 2 aromatic rings. The van der Waals surface area contributed by atoms with Gasteiger partial charge >= 0.3 is 0 Å². The SMILES string of the molecule is Cc1cc(NC(=O)CC(N)c2ccccc2)ccc1OC(C)C.Cl. The molecule has 0 saturated heterocycles. The van der Waals surface area contributed by atoms with Gasteiger partial charge in [0.1, 0.15) is 5.75 Å². The lowest BCUT2D eigenvalue weighted by Gasteiger charge is -2.15. The van der Waals surface area contributed by atoms with E-state index in [1.165, 1.54) is 0 Å². The third-order valence-corrected chi connectivity index (χ3v) is 3.45. The average Bonchev–Trinajstić information content (AvgIpc) is 2.50. The molecule has 3 N–H and O–H groups in total. The maximum absolute atomic E-state index is 12.1. The first-order valence-corrected chi connectivity index (χ1v) is 7.83. The van der Waals surface area contributed by atoms with Gasteiger partial charge in [-0.05, 0) is 50.1 Å². The van der Waals surface area contributed by atoms with Gasteiger partial charge in [-0.15, -0.1) is 12.4 Å². The van der Waals surface area contributed by atoms with E-state index in [1.807, 2.05) is 69.3 Å². The van der Waals surface area contributed by atoms with Crippen LogP contribution in [-0.2, 0) is 4.79 Å². The van der Waals surface area contributed by atoms with Crippen LogP contribution in [0.5, 0.6) is 5.75 Å². The standard InChI is InChI=1S/C19H24N2O2.ClH/c1-13(2)23-18-10-9-16(11-14(18)3)21-19(22)12-17(20)15-7-5-4-6-8-15;/h4-11,13,17H,12,20H2,1-3H3,(H,21,22);1H. The number of hydrogen-bond acceptors (Lipinski definition) is 3. The minimum atomic E-state index is -0.305. The molecule has 24 heavy (non-hydrogen) atoms. The van der Waals surface area contributed by atoms with Gasteiger partial charge in [0, 0.05) is 18.2 Å². The minimum absolute atomic E-state index is 0. The van der Waals surface area contributed by atoms with E-state index in [2.05, 4.69) is 5.32 Å². The number of ether oxygens (including phenoxy) is 1. The number of benzene rings is 2. The van der Waals surface area contributed by atoms with E-state index in [0.717, 1.165) is 22.6 Å². The Bertz CT molecular complexity index is 660. The number of amides is 1. The van der Waals surface area contributed by atoms with Crippen LogP contribution in [0.2, 0.25) is 0 Å². The lowest BCUT2D eigenvalue weighted by Crippen LogP contribution is -2.20. The summed E-state index contributed by atoms with van der Waals surface area (Å²) in [5.41, 5.74) is 8.78. The predicted molar refractivity (Wildman–Crippen MR) is 101 cm³/mol. The van der Waals surface area contributed by atoms with Gasteiger partial charge in [0.15, 0.2) is 0 Å². The molecule has 1 unspecified atom stereocenters. The fraction of sp³-hybridized carbons (Fsp3) is 0.316. The Morgan fingerprint density at radius 2 is 1.83 bits per heavy atom. The maximum Gasteiger partial charge on any atom is 0.226 e. The summed E-state index contributed by atoms with van der Waals surface area (Å²) in [5, 5.41) is 2.89. The van der Waals surface area contributed by atoms with Crippen molar-refractivity contribution in [1.29, 1.82) is 0 Å². The van der Waals surface area contributed by atoms with Crippen LogP contribution in [0.4, 0.5) is 5.69 Å². The summed E-state index contributed by atoms with van der Waals surface area (Å²) in [4.78, 5) is 12.1. The van der Waals surface area contributed by atoms with E-state index in [0.29, 0.717) is 0 Å². The molecule has 2 aromatic carbocycles. The van der Waals surface area contributed by atoms with Gasteiger partial charge in [0.05, 0.1) is 6.10 Å². The number of carbonyl (C=O) groups excluding carboxylic acids is 1. The Hall–Kier alpha value is -2.04. The highest BCUT2D eigenvalue weighted by molar-refractivity contribution is 5.91. The Kier molecular flexibility index (Phi) is 7.75. The van der Waals surface area contributed by atoms with Crippen LogP contribution in [0.3, 0.4) is 0 Å². The second kappa shape index (κ2) is 9.30. The number of nitrogens with two attached hydrogens (primary N) is 1. The minimum Gasteiger partial charge on any atom is -0.491 e. The molecule has 0 spiro atoms. The Balaban J connectivity index is 0.00000288. The summed E-state index contributed by atoms with van der Waals surface area (Å²) < 4.78 is 5.69. The van der Waals surface area contributed by atoms with E-state index in [1.54, 1.807) is 0 Å². The summed E-state index contributed by atoms with van der Waals surface area (Å²) in [6, 6.07) is 15.0. The molecular formula is C19H25ClN2O2. The van der Waals surface area contributed by atoms with Crippen molar-refractivity contribution >= 4 is 24.0 Å². The zero-order valence-electron chi connectivity index (χ0n) is 14.3. The Morgan fingerprint density at radius 3 is 2.42 bits per heavy atom. The third-order valence-electron chi connectivity index (χ3n) is 3.45. The monoisotopic (exact) mass is 348 g/mol. The van der Waals surface area contributed by atoms with Crippen LogP contribution in [0.1, 0.15) is 37.4 Å². The first kappa shape index (κ1) is 20.0. The lowest BCUT2D eigenvalue weighted by atomic mass is 10.0. The molecule has 0 saturated carbocycles. The van der Waals surface area contributed by atoms with Crippen molar-refractivity contribution in [3.05, 3.63) is 59.7 Å². The van der Waals surface area contributed by atoms with Gasteiger partial charge in [-0.3, -0.25) is 4.79 Å². The number of aryl methyl sites for hydroxylation is 1. The smallest absolute Gasteiger partial charge is 0.226 e. The Morgan fingerprint density at radius 1 is 1.17 bits per heavy atom. The van der Waals surface area contributed by atoms with E-state index < -0.39 is 0 Å². The predicted octanol–water partition coefficient (Wildman–Crippen LogP) is 4.23. The average molecular weight is 349 g/mol. The van der Waals surface area contributed by atoms with E-state index in [4.69, 9.17) is 10.5 Å². The number of carbonyl (C=O) groups is 1. The van der Waals surface area contributed by atoms with Gasteiger partial charge < -0.3 is 15.8 Å². The largest absolute Gasteiger partial charge is 0.491 e. The van der Waals surface area contributed by atoms with Gasteiger partial charge in [-0.1, -0.05) is 30.3 Å². The van der Waals surface area contributed by atoms with Crippen molar-refractivity contribution in [2.45, 2.75) is 39.3 Å². The second-order valence-corrected chi connectivity index (χ2v) is 5.92. The van der Waals surface area contributed by atoms with Gasteiger partial charge in [0.25, 0.3) is 0 Å². The number of hydrogen-bond donors (Lipinski definition) is 2. The normalized spacial score (nSPS) is 11.5. The summed E-state index contributed by atoms with van der Waals surface area (Å²) in [6.45, 7) is 5.93. The maximum atomic E-state index is 12.1. The Labute approximate surface area is 149 Å². The van der Waals surface area contributed by atoms with Crippen molar-refractivity contribution in [3.63, 3.8) is 0 Å². The highest BCUT2D eigenvalue weighted by atomic mass is 35.5. The van der Waals surface area contributed by atoms with Crippen molar-refractivity contribution in [2.75, 3.05) is 5.32 Å². The van der Waals surface area contributed by atoms with E-state index in [-0.39, 0.29) is 36.9 Å². The summed E-state index contributed by atoms with van der Waals surface area (Å²) in [7, 11) is 0. The zero-order valence-corrected chi connectivity index (χ0v) is 15.1. The molecule has 0 radical (unpaired) electrons. The van der Waals surface area contributed by atoms with Crippen molar-refractivity contribution in [1.82, 2.24) is 0 Å². The molecule has 1 amide bonds. The highest BCUT2D eigenvalue weighted by Crippen LogP contribution is 2.23. The van der Waals surface area contributed by atoms with Crippen LogP contribution in [0, 0.1) is 6.92 Å². The van der Waals surface area contributed by atoms with Crippen LogP contribution in [0.25, 0.3) is 0 Å². The lowest BCUT2D eigenvalue weighted by molar-refractivity contribution is -0.116. The van der Waals surface area contributed by atoms with Gasteiger partial charge in [0.2, 0.25) is 5.91 Å². The molecule has 0 heterocycles. The number of halogens is 1. The molecule has 4 nitrogen and oxygen atoms in total. The highest BCUT2D eigenvalue weighted by Gasteiger charge is 2.12. The fourth-order valence-corrected chi connectivity index (χ4v) is 2.34. The molecule has 130 valence electrons. The molecule has 1 atom stereocenters. The molecule has 2 rings (SSSR count).